The van der Waals surface area contributed by atoms with Gasteiger partial charge in [0.05, 0.1) is 0 Å². The summed E-state index contributed by atoms with van der Waals surface area (Å²) in [5.41, 5.74) is 4.93. The van der Waals surface area contributed by atoms with Crippen LogP contribution < -0.4 is 16.4 Å². The Hall–Kier alpha value is -1.69. The number of hydrogen-bond acceptors (Lipinski definition) is 3. The minimum atomic E-state index is -0.521. The molecule has 0 atom stereocenters. The lowest BCUT2D eigenvalue weighted by molar-refractivity contribution is -0.121. The molecule has 0 spiro atoms. The van der Waals surface area contributed by atoms with Crippen LogP contribution in [0.1, 0.15) is 19.3 Å². The van der Waals surface area contributed by atoms with E-state index in [9.17, 15) is 9.59 Å². The summed E-state index contributed by atoms with van der Waals surface area (Å²) >= 11 is 1.72. The van der Waals surface area contributed by atoms with E-state index >= 15 is 0 Å². The number of nitrogens with one attached hydrogen (secondary N) is 2. The summed E-state index contributed by atoms with van der Waals surface area (Å²) in [5, 5.41) is 5.37. The van der Waals surface area contributed by atoms with Gasteiger partial charge in [-0.05, 0) is 25.0 Å². The molecule has 0 fully saturated rings. The zero-order valence-electron chi connectivity index (χ0n) is 11.4. The average Bonchev–Trinajstić information content (AvgIpc) is 2.44. The molecule has 110 valence electrons. The molecule has 0 aliphatic heterocycles. The van der Waals surface area contributed by atoms with Gasteiger partial charge in [-0.25, -0.2) is 4.79 Å². The highest BCUT2D eigenvalue weighted by atomic mass is 32.2. The maximum Gasteiger partial charge on any atom is 0.312 e. The van der Waals surface area contributed by atoms with Crippen LogP contribution in [0.15, 0.2) is 35.2 Å². The van der Waals surface area contributed by atoms with Crippen LogP contribution in [0.2, 0.25) is 0 Å². The number of unbranched alkanes of at least 4 members (excludes halogenated alkanes) is 1. The summed E-state index contributed by atoms with van der Waals surface area (Å²) < 4.78 is 0. The highest BCUT2D eigenvalue weighted by molar-refractivity contribution is 7.99. The zero-order valence-corrected chi connectivity index (χ0v) is 12.2. The number of urea groups is 1. The Bertz CT molecular complexity index is 412. The molecule has 1 rings (SSSR count). The quantitative estimate of drug-likeness (QED) is 0.479. The van der Waals surface area contributed by atoms with E-state index in [1.54, 1.807) is 11.8 Å². The van der Waals surface area contributed by atoms with E-state index in [2.05, 4.69) is 22.8 Å². The van der Waals surface area contributed by atoms with Crippen molar-refractivity contribution in [3.63, 3.8) is 0 Å². The number of rotatable bonds is 9. The van der Waals surface area contributed by atoms with Gasteiger partial charge in [0.25, 0.3) is 0 Å². The number of nitrogens with two attached hydrogens (primary N) is 1. The monoisotopic (exact) mass is 295 g/mol. The highest BCUT2D eigenvalue weighted by Crippen LogP contribution is 2.15. The Morgan fingerprint density at radius 1 is 1.05 bits per heavy atom. The molecule has 0 bridgehead atoms. The van der Waals surface area contributed by atoms with Crippen LogP contribution >= 0.6 is 11.8 Å². The SMILES string of the molecule is NC(=O)NCCCCC(=O)NCCSc1ccccc1. The number of carbonyl (C=O) groups is 2. The highest BCUT2D eigenvalue weighted by Gasteiger charge is 2.01. The Morgan fingerprint density at radius 3 is 2.50 bits per heavy atom. The maximum atomic E-state index is 11.5. The summed E-state index contributed by atoms with van der Waals surface area (Å²) in [4.78, 5) is 23.1. The molecule has 5 nitrogen and oxygen atoms in total. The molecule has 6 heteroatoms. The van der Waals surface area contributed by atoms with E-state index in [1.807, 2.05) is 18.2 Å². The Morgan fingerprint density at radius 2 is 1.80 bits per heavy atom. The Labute approximate surface area is 123 Å². The van der Waals surface area contributed by atoms with E-state index in [4.69, 9.17) is 5.73 Å². The van der Waals surface area contributed by atoms with Crippen molar-refractivity contribution in [2.45, 2.75) is 24.2 Å². The van der Waals surface area contributed by atoms with Crippen LogP contribution in [-0.2, 0) is 4.79 Å². The fourth-order valence-electron chi connectivity index (χ4n) is 1.59. The molecule has 0 aliphatic rings. The van der Waals surface area contributed by atoms with Crippen molar-refractivity contribution >= 4 is 23.7 Å². The second kappa shape index (κ2) is 10.1. The zero-order chi connectivity index (χ0) is 14.6. The normalized spacial score (nSPS) is 10.0. The van der Waals surface area contributed by atoms with Gasteiger partial charge in [-0.15, -0.1) is 11.8 Å². The molecular formula is C14H21N3O2S. The second-order valence-corrected chi connectivity index (χ2v) is 5.43. The molecule has 4 N–H and O–H groups in total. The van der Waals surface area contributed by atoms with Gasteiger partial charge >= 0.3 is 6.03 Å². The van der Waals surface area contributed by atoms with Crippen molar-refractivity contribution in [2.75, 3.05) is 18.8 Å². The minimum absolute atomic E-state index is 0.0535. The van der Waals surface area contributed by atoms with E-state index in [0.717, 1.165) is 18.6 Å². The first-order chi connectivity index (χ1) is 9.68. The Balaban J connectivity index is 1.96. The fraction of sp³-hybridized carbons (Fsp3) is 0.429. The summed E-state index contributed by atoms with van der Waals surface area (Å²) in [7, 11) is 0. The van der Waals surface area contributed by atoms with Gasteiger partial charge in [-0.3, -0.25) is 4.79 Å². The van der Waals surface area contributed by atoms with Crippen LogP contribution in [0.4, 0.5) is 4.79 Å². The molecule has 1 aromatic rings. The number of hydrogen-bond donors (Lipinski definition) is 3. The number of carbonyl (C=O) groups excluding carboxylic acids is 2. The molecule has 1 aromatic carbocycles. The van der Waals surface area contributed by atoms with Crippen molar-refractivity contribution in [1.82, 2.24) is 10.6 Å². The van der Waals surface area contributed by atoms with Crippen molar-refractivity contribution < 1.29 is 9.59 Å². The summed E-state index contributed by atoms with van der Waals surface area (Å²) in [6, 6.07) is 9.57. The lowest BCUT2D eigenvalue weighted by Crippen LogP contribution is -2.30. The van der Waals surface area contributed by atoms with Gasteiger partial charge in [0.2, 0.25) is 5.91 Å². The second-order valence-electron chi connectivity index (χ2n) is 4.26. The van der Waals surface area contributed by atoms with Gasteiger partial charge in [0.1, 0.15) is 0 Å². The molecule has 0 saturated heterocycles. The minimum Gasteiger partial charge on any atom is -0.355 e. The van der Waals surface area contributed by atoms with Gasteiger partial charge < -0.3 is 16.4 Å². The van der Waals surface area contributed by atoms with E-state index in [0.29, 0.717) is 19.5 Å². The van der Waals surface area contributed by atoms with Crippen molar-refractivity contribution in [3.05, 3.63) is 30.3 Å². The summed E-state index contributed by atoms with van der Waals surface area (Å²) in [6.45, 7) is 1.18. The van der Waals surface area contributed by atoms with E-state index < -0.39 is 6.03 Å². The maximum absolute atomic E-state index is 11.5. The van der Waals surface area contributed by atoms with Gasteiger partial charge in [-0.1, -0.05) is 18.2 Å². The van der Waals surface area contributed by atoms with Crippen molar-refractivity contribution in [1.29, 1.82) is 0 Å². The first-order valence-corrected chi connectivity index (χ1v) is 7.65. The van der Waals surface area contributed by atoms with Gasteiger partial charge in [-0.2, -0.15) is 0 Å². The molecular weight excluding hydrogens is 274 g/mol. The van der Waals surface area contributed by atoms with Crippen molar-refractivity contribution in [2.24, 2.45) is 5.73 Å². The van der Waals surface area contributed by atoms with E-state index in [-0.39, 0.29) is 5.91 Å². The molecule has 0 saturated carbocycles. The van der Waals surface area contributed by atoms with Gasteiger partial charge in [0.15, 0.2) is 0 Å². The third kappa shape index (κ3) is 8.42. The first-order valence-electron chi connectivity index (χ1n) is 6.66. The smallest absolute Gasteiger partial charge is 0.312 e. The first kappa shape index (κ1) is 16.4. The molecule has 20 heavy (non-hydrogen) atoms. The predicted molar refractivity (Wildman–Crippen MR) is 81.6 cm³/mol. The number of thioether (sulfide) groups is 1. The predicted octanol–water partition coefficient (Wildman–Crippen LogP) is 1.73. The molecule has 0 aromatic heterocycles. The molecule has 0 aliphatic carbocycles. The molecule has 0 unspecified atom stereocenters. The standard InChI is InChI=1S/C14H21N3O2S/c15-14(19)17-9-5-4-8-13(18)16-10-11-20-12-6-2-1-3-7-12/h1-3,6-7H,4-5,8-11H2,(H,16,18)(H3,15,17,19). The molecule has 3 amide bonds. The topological polar surface area (TPSA) is 84.2 Å². The lowest BCUT2D eigenvalue weighted by atomic mass is 10.2. The van der Waals surface area contributed by atoms with Crippen LogP contribution in [0.25, 0.3) is 0 Å². The summed E-state index contributed by atoms with van der Waals surface area (Å²) in [6.07, 6.45) is 1.99. The number of amides is 3. The molecule has 0 heterocycles. The largest absolute Gasteiger partial charge is 0.355 e. The van der Waals surface area contributed by atoms with Crippen LogP contribution in [0.5, 0.6) is 0 Å². The molecule has 0 radical (unpaired) electrons. The average molecular weight is 295 g/mol. The fourth-order valence-corrected chi connectivity index (χ4v) is 2.38. The summed E-state index contributed by atoms with van der Waals surface area (Å²) in [5.74, 6) is 0.914. The lowest BCUT2D eigenvalue weighted by Gasteiger charge is -2.05. The van der Waals surface area contributed by atoms with Crippen LogP contribution in [0.3, 0.4) is 0 Å². The third-order valence-corrected chi connectivity index (χ3v) is 3.58. The number of primary amides is 1. The van der Waals surface area contributed by atoms with E-state index in [1.165, 1.54) is 4.90 Å². The van der Waals surface area contributed by atoms with Crippen LogP contribution in [0, 0.1) is 0 Å². The third-order valence-electron chi connectivity index (χ3n) is 2.57. The Kier molecular flexibility index (Phi) is 8.30. The van der Waals surface area contributed by atoms with Crippen LogP contribution in [-0.4, -0.2) is 30.8 Å². The van der Waals surface area contributed by atoms with Gasteiger partial charge in [0, 0.05) is 30.2 Å². The van der Waals surface area contributed by atoms with Crippen molar-refractivity contribution in [3.8, 4) is 0 Å². The number of benzene rings is 1.